The van der Waals surface area contributed by atoms with Crippen LogP contribution in [0.1, 0.15) is 11.1 Å². The van der Waals surface area contributed by atoms with Crippen molar-refractivity contribution in [1.82, 2.24) is 0 Å². The van der Waals surface area contributed by atoms with Gasteiger partial charge in [0, 0.05) is 0 Å². The molecule has 0 bridgehead atoms. The smallest absolute Gasteiger partial charge is 0.181 e. The van der Waals surface area contributed by atoms with Crippen LogP contribution in [0.4, 0.5) is 0 Å². The van der Waals surface area contributed by atoms with E-state index in [2.05, 4.69) is 0 Å². The first-order chi connectivity index (χ1) is 10.0. The average molecular weight is 301 g/mol. The second kappa shape index (κ2) is 6.42. The Balaban J connectivity index is 2.01. The van der Waals surface area contributed by atoms with Gasteiger partial charge in [-0.2, -0.15) is 5.26 Å². The molecule has 2 rings (SSSR count). The number of hydrogen-bond donors (Lipinski definition) is 0. The van der Waals surface area contributed by atoms with Gasteiger partial charge in [-0.15, -0.1) is 0 Å². The second-order valence-corrected chi connectivity index (χ2v) is 6.73. The zero-order valence-electron chi connectivity index (χ0n) is 11.6. The molecule has 0 saturated carbocycles. The van der Waals surface area contributed by atoms with Gasteiger partial charge in [0.2, 0.25) is 0 Å². The molecule has 0 N–H and O–H groups in total. The van der Waals surface area contributed by atoms with Crippen LogP contribution in [-0.4, -0.2) is 20.8 Å². The number of nitrogens with zero attached hydrogens (tertiary/aromatic N) is 1. The third kappa shape index (κ3) is 4.07. The van der Waals surface area contributed by atoms with E-state index in [1.807, 2.05) is 19.1 Å². The lowest BCUT2D eigenvalue weighted by Gasteiger charge is -2.08. The summed E-state index contributed by atoms with van der Waals surface area (Å²) in [7, 11) is -3.36. The third-order valence-electron chi connectivity index (χ3n) is 2.93. The van der Waals surface area contributed by atoms with Crippen LogP contribution < -0.4 is 4.74 Å². The predicted molar refractivity (Wildman–Crippen MR) is 79.9 cm³/mol. The van der Waals surface area contributed by atoms with Gasteiger partial charge in [0.25, 0.3) is 0 Å². The van der Waals surface area contributed by atoms with Crippen LogP contribution in [0.15, 0.2) is 53.4 Å². The summed E-state index contributed by atoms with van der Waals surface area (Å²) >= 11 is 0. The van der Waals surface area contributed by atoms with E-state index < -0.39 is 9.84 Å². The normalized spacial score (nSPS) is 10.9. The first-order valence-corrected chi connectivity index (χ1v) is 8.09. The van der Waals surface area contributed by atoms with Gasteiger partial charge in [-0.25, -0.2) is 8.42 Å². The molecule has 2 aromatic rings. The maximum Gasteiger partial charge on any atom is 0.181 e. The van der Waals surface area contributed by atoms with E-state index >= 15 is 0 Å². The standard InChI is InChI=1S/C16H15NO3S/c1-13-4-2-7-16(10-13)21(18,19)9-8-20-15-6-3-5-14(11-15)12-17/h2-7,10-11H,8-9H2,1H3. The number of sulfone groups is 1. The van der Waals surface area contributed by atoms with Gasteiger partial charge in [-0.3, -0.25) is 0 Å². The minimum Gasteiger partial charge on any atom is -0.492 e. The van der Waals surface area contributed by atoms with Gasteiger partial charge in [-0.05, 0) is 42.8 Å². The highest BCUT2D eigenvalue weighted by atomic mass is 32.2. The van der Waals surface area contributed by atoms with Crippen LogP contribution in [0.3, 0.4) is 0 Å². The van der Waals surface area contributed by atoms with Crippen molar-refractivity contribution in [2.75, 3.05) is 12.4 Å². The Morgan fingerprint density at radius 2 is 1.90 bits per heavy atom. The summed E-state index contributed by atoms with van der Waals surface area (Å²) in [6.45, 7) is 1.90. The van der Waals surface area contributed by atoms with Crippen molar-refractivity contribution in [3.63, 3.8) is 0 Å². The van der Waals surface area contributed by atoms with Crippen molar-refractivity contribution >= 4 is 9.84 Å². The van der Waals surface area contributed by atoms with Gasteiger partial charge in [-0.1, -0.05) is 18.2 Å². The molecule has 0 spiro atoms. The SMILES string of the molecule is Cc1cccc(S(=O)(=O)CCOc2cccc(C#N)c2)c1. The Hall–Kier alpha value is -2.32. The van der Waals surface area contributed by atoms with Crippen LogP contribution in [0.2, 0.25) is 0 Å². The first-order valence-electron chi connectivity index (χ1n) is 6.44. The van der Waals surface area contributed by atoms with E-state index in [0.29, 0.717) is 16.2 Å². The molecule has 0 radical (unpaired) electrons. The van der Waals surface area contributed by atoms with Crippen LogP contribution in [0.5, 0.6) is 5.75 Å². The summed E-state index contributed by atoms with van der Waals surface area (Å²) in [5, 5.41) is 8.79. The van der Waals surface area contributed by atoms with Gasteiger partial charge >= 0.3 is 0 Å². The van der Waals surface area contributed by atoms with Gasteiger partial charge in [0.05, 0.1) is 22.3 Å². The molecule has 0 fully saturated rings. The molecule has 0 aliphatic carbocycles. The van der Waals surface area contributed by atoms with Crippen molar-refractivity contribution in [3.05, 3.63) is 59.7 Å². The molecule has 2 aromatic carbocycles. The fourth-order valence-corrected chi connectivity index (χ4v) is 3.04. The quantitative estimate of drug-likeness (QED) is 0.851. The fraction of sp³-hybridized carbons (Fsp3) is 0.188. The molecule has 0 saturated heterocycles. The molecule has 0 aliphatic rings. The number of ether oxygens (including phenoxy) is 1. The highest BCUT2D eigenvalue weighted by Gasteiger charge is 2.14. The fourth-order valence-electron chi connectivity index (χ4n) is 1.85. The molecule has 0 unspecified atom stereocenters. The first kappa shape index (κ1) is 15.1. The Kier molecular flexibility index (Phi) is 4.61. The number of rotatable bonds is 5. The highest BCUT2D eigenvalue weighted by molar-refractivity contribution is 7.91. The lowest BCUT2D eigenvalue weighted by Crippen LogP contribution is -2.14. The Morgan fingerprint density at radius 3 is 2.62 bits per heavy atom. The molecule has 108 valence electrons. The van der Waals surface area contributed by atoms with Crippen LogP contribution in [0.25, 0.3) is 0 Å². The third-order valence-corrected chi connectivity index (χ3v) is 4.61. The summed E-state index contributed by atoms with van der Waals surface area (Å²) in [5.74, 6) is 0.390. The highest BCUT2D eigenvalue weighted by Crippen LogP contribution is 2.15. The molecule has 0 aliphatic heterocycles. The topological polar surface area (TPSA) is 67.2 Å². The molecule has 5 heteroatoms. The van der Waals surface area contributed by atoms with Crippen molar-refractivity contribution in [2.24, 2.45) is 0 Å². The number of nitriles is 1. The van der Waals surface area contributed by atoms with Crippen molar-refractivity contribution in [2.45, 2.75) is 11.8 Å². The molecular weight excluding hydrogens is 286 g/mol. The Bertz CT molecular complexity index is 776. The Labute approximate surface area is 124 Å². The monoisotopic (exact) mass is 301 g/mol. The van der Waals surface area contributed by atoms with Crippen molar-refractivity contribution in [1.29, 1.82) is 5.26 Å². The minimum absolute atomic E-state index is 0.0468. The lowest BCUT2D eigenvalue weighted by molar-refractivity contribution is 0.341. The van der Waals surface area contributed by atoms with Gasteiger partial charge in [0.1, 0.15) is 12.4 Å². The molecule has 4 nitrogen and oxygen atoms in total. The van der Waals surface area contributed by atoms with Crippen molar-refractivity contribution < 1.29 is 13.2 Å². The average Bonchev–Trinajstić information content (AvgIpc) is 2.47. The van der Waals surface area contributed by atoms with E-state index in [9.17, 15) is 8.42 Å². The molecular formula is C16H15NO3S. The summed E-state index contributed by atoms with van der Waals surface area (Å²) in [6, 6.07) is 15.4. The zero-order chi connectivity index (χ0) is 15.3. The summed E-state index contributed by atoms with van der Waals surface area (Å²) < 4.78 is 29.7. The predicted octanol–water partition coefficient (Wildman–Crippen LogP) is 2.72. The van der Waals surface area contributed by atoms with E-state index in [1.165, 1.54) is 0 Å². The van der Waals surface area contributed by atoms with E-state index in [0.717, 1.165) is 5.56 Å². The van der Waals surface area contributed by atoms with Crippen molar-refractivity contribution in [3.8, 4) is 11.8 Å². The second-order valence-electron chi connectivity index (χ2n) is 4.62. The van der Waals surface area contributed by atoms with Gasteiger partial charge < -0.3 is 4.74 Å². The number of aryl methyl sites for hydroxylation is 1. The van der Waals surface area contributed by atoms with E-state index in [-0.39, 0.29) is 12.4 Å². The molecule has 0 heterocycles. The number of hydrogen-bond acceptors (Lipinski definition) is 4. The summed E-state index contributed by atoms with van der Waals surface area (Å²) in [5.41, 5.74) is 1.38. The summed E-state index contributed by atoms with van der Waals surface area (Å²) in [6.07, 6.45) is 0. The molecule has 21 heavy (non-hydrogen) atoms. The maximum atomic E-state index is 12.2. The number of benzene rings is 2. The Morgan fingerprint density at radius 1 is 1.14 bits per heavy atom. The molecule has 0 atom stereocenters. The van der Waals surface area contributed by atoms with E-state index in [4.69, 9.17) is 10.00 Å². The van der Waals surface area contributed by atoms with Gasteiger partial charge in [0.15, 0.2) is 9.84 Å². The maximum absolute atomic E-state index is 12.2. The lowest BCUT2D eigenvalue weighted by atomic mass is 10.2. The molecule has 0 aromatic heterocycles. The van der Waals surface area contributed by atoms with Crippen LogP contribution >= 0.6 is 0 Å². The molecule has 0 amide bonds. The summed E-state index contributed by atoms with van der Waals surface area (Å²) in [4.78, 5) is 0.303. The van der Waals surface area contributed by atoms with Crippen LogP contribution in [0, 0.1) is 18.3 Å². The zero-order valence-corrected chi connectivity index (χ0v) is 12.4. The minimum atomic E-state index is -3.36. The van der Waals surface area contributed by atoms with E-state index in [1.54, 1.807) is 42.5 Å². The largest absolute Gasteiger partial charge is 0.492 e. The van der Waals surface area contributed by atoms with Crippen LogP contribution in [-0.2, 0) is 9.84 Å².